The number of anilines is 5. The van der Waals surface area contributed by atoms with Gasteiger partial charge in [-0.05, 0) is 99.1 Å². The summed E-state index contributed by atoms with van der Waals surface area (Å²) in [6, 6.07) is 87.9. The van der Waals surface area contributed by atoms with Crippen molar-refractivity contribution >= 4 is 79.2 Å². The number of hydrogen-bond donors (Lipinski definition) is 0. The highest BCUT2D eigenvalue weighted by Crippen LogP contribution is 2.35. The van der Waals surface area contributed by atoms with Crippen molar-refractivity contribution in [2.45, 2.75) is 6.54 Å². The number of rotatable bonds is 11. The Bertz CT molecular complexity index is 2870. The number of para-hydroxylation sites is 4. The van der Waals surface area contributed by atoms with Crippen LogP contribution in [0.5, 0.6) is 0 Å². The lowest BCUT2D eigenvalue weighted by atomic mass is 10.1. The minimum atomic E-state index is -2.90. The van der Waals surface area contributed by atoms with Crippen LogP contribution in [0.25, 0.3) is 21.9 Å². The Balaban J connectivity index is 1.13. The van der Waals surface area contributed by atoms with Crippen LogP contribution in [0, 0.1) is 0 Å². The Morgan fingerprint density at radius 1 is 0.322 bits per heavy atom. The third-order valence-corrected chi connectivity index (χ3v) is 16.2. The van der Waals surface area contributed by atoms with Gasteiger partial charge in [0.15, 0.2) is 8.07 Å². The van der Waals surface area contributed by atoms with E-state index in [1.54, 1.807) is 0 Å². The Labute approximate surface area is 346 Å². The maximum atomic E-state index is 6.35. The molecule has 1 heterocycles. The van der Waals surface area contributed by atoms with Crippen molar-refractivity contribution in [2.75, 3.05) is 9.80 Å². The number of nitrogens with zero attached hydrogens (tertiary/aromatic N) is 2. The van der Waals surface area contributed by atoms with E-state index >= 15 is 0 Å². The van der Waals surface area contributed by atoms with E-state index in [-0.39, 0.29) is 0 Å². The van der Waals surface area contributed by atoms with Crippen LogP contribution in [0.2, 0.25) is 0 Å². The molecule has 0 saturated carbocycles. The van der Waals surface area contributed by atoms with Crippen molar-refractivity contribution in [3.8, 4) is 0 Å². The summed E-state index contributed by atoms with van der Waals surface area (Å²) in [4.78, 5) is 4.77. The van der Waals surface area contributed by atoms with Crippen LogP contribution in [0.15, 0.2) is 247 Å². The van der Waals surface area contributed by atoms with Gasteiger partial charge in [0.05, 0.1) is 0 Å². The minimum absolute atomic E-state index is 0.676. The van der Waals surface area contributed by atoms with Gasteiger partial charge in [-0.25, -0.2) is 0 Å². The van der Waals surface area contributed by atoms with Gasteiger partial charge in [-0.15, -0.1) is 0 Å². The van der Waals surface area contributed by atoms with E-state index in [0.717, 1.165) is 50.4 Å². The van der Waals surface area contributed by atoms with Crippen molar-refractivity contribution in [3.05, 3.63) is 248 Å². The number of benzene rings is 9. The summed E-state index contributed by atoms with van der Waals surface area (Å²) in [5.41, 5.74) is 8.62. The molecule has 0 aliphatic carbocycles. The maximum Gasteiger partial charge on any atom is 0.179 e. The minimum Gasteiger partial charge on any atom is -0.456 e. The molecule has 0 saturated heterocycles. The SMILES string of the molecule is c1ccc(N(Cc2ccc3c(c2)oc2ccccc23)c2cccc([Si](c3ccccc3)(c3ccccc3)c3ccc(N(c4ccccc4)c4ccccc4)cc3)c2)cc1. The fraction of sp³-hybridized carbons (Fsp3) is 0.0182. The van der Waals surface area contributed by atoms with E-state index in [2.05, 4.69) is 240 Å². The highest BCUT2D eigenvalue weighted by Gasteiger charge is 2.41. The van der Waals surface area contributed by atoms with Crippen LogP contribution in [0.4, 0.5) is 28.4 Å². The van der Waals surface area contributed by atoms with Crippen LogP contribution in [0.3, 0.4) is 0 Å². The van der Waals surface area contributed by atoms with Crippen molar-refractivity contribution in [3.63, 3.8) is 0 Å². The molecule has 9 aromatic carbocycles. The van der Waals surface area contributed by atoms with E-state index < -0.39 is 8.07 Å². The zero-order valence-electron chi connectivity index (χ0n) is 32.6. The smallest absolute Gasteiger partial charge is 0.179 e. The molecule has 0 unspecified atom stereocenters. The second kappa shape index (κ2) is 15.9. The topological polar surface area (TPSA) is 19.6 Å². The van der Waals surface area contributed by atoms with Gasteiger partial charge in [-0.1, -0.05) is 170 Å². The van der Waals surface area contributed by atoms with Gasteiger partial charge in [-0.2, -0.15) is 0 Å². The van der Waals surface area contributed by atoms with E-state index in [4.69, 9.17) is 4.42 Å². The highest BCUT2D eigenvalue weighted by atomic mass is 28.3. The average molecular weight is 775 g/mol. The summed E-state index contributed by atoms with van der Waals surface area (Å²) < 4.78 is 6.35. The van der Waals surface area contributed by atoms with Gasteiger partial charge >= 0.3 is 0 Å². The molecule has 0 N–H and O–H groups in total. The lowest BCUT2D eigenvalue weighted by molar-refractivity contribution is 0.668. The summed E-state index contributed by atoms with van der Waals surface area (Å²) in [7, 11) is -2.90. The number of hydrogen-bond acceptors (Lipinski definition) is 3. The number of fused-ring (bicyclic) bond motifs is 3. The molecule has 282 valence electrons. The zero-order chi connectivity index (χ0) is 39.4. The Hall–Kier alpha value is -7.40. The third-order valence-electron chi connectivity index (χ3n) is 11.4. The van der Waals surface area contributed by atoms with Gasteiger partial charge in [0, 0.05) is 45.8 Å². The Morgan fingerprint density at radius 3 is 1.39 bits per heavy atom. The monoisotopic (exact) mass is 774 g/mol. The van der Waals surface area contributed by atoms with Gasteiger partial charge in [0.25, 0.3) is 0 Å². The summed E-state index contributed by atoms with van der Waals surface area (Å²) in [5, 5.41) is 7.59. The Morgan fingerprint density at radius 2 is 0.780 bits per heavy atom. The molecule has 0 spiro atoms. The van der Waals surface area contributed by atoms with Crippen LogP contribution in [-0.2, 0) is 6.54 Å². The van der Waals surface area contributed by atoms with Gasteiger partial charge in [-0.3, -0.25) is 0 Å². The molecule has 59 heavy (non-hydrogen) atoms. The van der Waals surface area contributed by atoms with Crippen molar-refractivity contribution in [2.24, 2.45) is 0 Å². The van der Waals surface area contributed by atoms with Gasteiger partial charge in [0.2, 0.25) is 0 Å². The molecule has 0 fully saturated rings. The van der Waals surface area contributed by atoms with E-state index in [1.165, 1.54) is 26.3 Å². The third kappa shape index (κ3) is 6.80. The molecule has 0 amide bonds. The molecule has 0 aliphatic rings. The van der Waals surface area contributed by atoms with Crippen LogP contribution in [0.1, 0.15) is 5.56 Å². The summed E-state index contributed by atoms with van der Waals surface area (Å²) in [5.74, 6) is 0. The maximum absolute atomic E-state index is 6.35. The quantitative estimate of drug-likeness (QED) is 0.0964. The molecule has 1 aromatic heterocycles. The molecular formula is C55H42N2OSi. The summed E-state index contributed by atoms with van der Waals surface area (Å²) in [6.07, 6.45) is 0. The largest absolute Gasteiger partial charge is 0.456 e. The molecule has 0 bridgehead atoms. The molecular weight excluding hydrogens is 733 g/mol. The molecule has 4 heteroatoms. The standard InChI is InChI=1S/C55H42N2OSi/c1-6-19-43(20-7-1)56(41-42-33-38-53-52-31-16-17-32-54(52)58-55(53)39-42)47-25-18-30-51(40-47)59(48-26-12-4-13-27-48,49-28-14-5-15-29-49)50-36-34-46(35-37-50)57(44-21-8-2-9-22-44)45-23-10-3-11-24-45/h1-40H,41H2. The highest BCUT2D eigenvalue weighted by molar-refractivity contribution is 7.19. The fourth-order valence-electron chi connectivity index (χ4n) is 8.74. The van der Waals surface area contributed by atoms with Crippen LogP contribution in [-0.4, -0.2) is 8.07 Å². The van der Waals surface area contributed by atoms with Gasteiger partial charge < -0.3 is 14.2 Å². The first-order valence-electron chi connectivity index (χ1n) is 20.2. The van der Waals surface area contributed by atoms with E-state index in [0.29, 0.717) is 6.54 Å². The second-order valence-corrected chi connectivity index (χ2v) is 18.7. The van der Waals surface area contributed by atoms with E-state index in [9.17, 15) is 0 Å². The zero-order valence-corrected chi connectivity index (χ0v) is 33.6. The first-order valence-corrected chi connectivity index (χ1v) is 22.2. The molecule has 3 nitrogen and oxygen atoms in total. The molecule has 0 radical (unpaired) electrons. The summed E-state index contributed by atoms with van der Waals surface area (Å²) in [6.45, 7) is 0.676. The molecule has 10 aromatic rings. The fourth-order valence-corrected chi connectivity index (χ4v) is 13.5. The molecule has 0 aliphatic heterocycles. The molecule has 10 rings (SSSR count). The second-order valence-electron chi connectivity index (χ2n) is 14.9. The predicted octanol–water partition coefficient (Wildman–Crippen LogP) is 11.8. The lowest BCUT2D eigenvalue weighted by Crippen LogP contribution is -2.74. The van der Waals surface area contributed by atoms with Crippen LogP contribution < -0.4 is 30.5 Å². The average Bonchev–Trinajstić information content (AvgIpc) is 3.69. The lowest BCUT2D eigenvalue weighted by Gasteiger charge is -2.36. The normalized spacial score (nSPS) is 11.5. The van der Waals surface area contributed by atoms with Gasteiger partial charge in [0.1, 0.15) is 11.2 Å². The first-order chi connectivity index (χ1) is 29.3. The Kier molecular flexibility index (Phi) is 9.67. The van der Waals surface area contributed by atoms with Crippen molar-refractivity contribution in [1.82, 2.24) is 0 Å². The van der Waals surface area contributed by atoms with Crippen LogP contribution >= 0.6 is 0 Å². The predicted molar refractivity (Wildman–Crippen MR) is 251 cm³/mol. The van der Waals surface area contributed by atoms with Crippen molar-refractivity contribution in [1.29, 1.82) is 0 Å². The molecule has 0 atom stereocenters. The number of furan rings is 1. The first kappa shape index (κ1) is 36.0. The van der Waals surface area contributed by atoms with E-state index in [1.807, 2.05) is 12.1 Å². The van der Waals surface area contributed by atoms with Crippen molar-refractivity contribution < 1.29 is 4.42 Å². The summed E-state index contributed by atoms with van der Waals surface area (Å²) >= 11 is 0.